The molecule has 0 amide bonds. The van der Waals surface area contributed by atoms with Crippen molar-refractivity contribution in [1.29, 1.82) is 0 Å². The van der Waals surface area contributed by atoms with E-state index in [9.17, 15) is 4.79 Å². The van der Waals surface area contributed by atoms with Crippen molar-refractivity contribution >= 4 is 5.97 Å². The minimum atomic E-state index is -0.116. The van der Waals surface area contributed by atoms with E-state index >= 15 is 0 Å². The molecule has 0 aliphatic carbocycles. The van der Waals surface area contributed by atoms with E-state index in [-0.39, 0.29) is 5.97 Å². The molecule has 0 saturated carbocycles. The molecule has 5 heteroatoms. The van der Waals surface area contributed by atoms with E-state index in [1.54, 1.807) is 0 Å². The van der Waals surface area contributed by atoms with Gasteiger partial charge in [-0.1, -0.05) is 37.2 Å². The number of carbonyl (C=O) groups excluding carboxylic acids is 1. The number of unbranched alkanes of at least 4 members (excludes halogenated alkanes) is 6. The summed E-state index contributed by atoms with van der Waals surface area (Å²) in [6.45, 7) is 0.610. The summed E-state index contributed by atoms with van der Waals surface area (Å²) in [5, 5.41) is 3.48. The van der Waals surface area contributed by atoms with Gasteiger partial charge in [0.05, 0.1) is 7.11 Å². The number of nitrogens with zero attached hydrogens (tertiary/aromatic N) is 3. The largest absolute Gasteiger partial charge is 0.469 e. The van der Waals surface area contributed by atoms with E-state index in [1.807, 2.05) is 0 Å². The molecular weight excluding hydrogens is 206 g/mol. The Hall–Kier alpha value is -1.22. The van der Waals surface area contributed by atoms with Crippen LogP contribution in [0, 0.1) is 0 Å². The summed E-state index contributed by atoms with van der Waals surface area (Å²) in [4.78, 5) is 13.5. The van der Waals surface area contributed by atoms with Gasteiger partial charge in [-0.3, -0.25) is 4.79 Å². The first kappa shape index (κ1) is 14.8. The number of carbonyl (C=O) groups is 1. The smallest absolute Gasteiger partial charge is 0.305 e. The van der Waals surface area contributed by atoms with E-state index in [2.05, 4.69) is 14.8 Å². The third kappa shape index (κ3) is 10.9. The fourth-order valence-electron chi connectivity index (χ4n) is 1.48. The lowest BCUT2D eigenvalue weighted by atomic mass is 10.1. The average Bonchev–Trinajstić information content (AvgIpc) is 2.31. The lowest BCUT2D eigenvalue weighted by Crippen LogP contribution is -1.99. The fraction of sp³-hybridized carbons (Fsp3) is 0.909. The van der Waals surface area contributed by atoms with E-state index < -0.39 is 0 Å². The summed E-state index contributed by atoms with van der Waals surface area (Å²) in [6.07, 6.45) is 8.18. The Bertz CT molecular complexity index is 225. The quantitative estimate of drug-likeness (QED) is 0.188. The van der Waals surface area contributed by atoms with Gasteiger partial charge in [0.25, 0.3) is 0 Å². The summed E-state index contributed by atoms with van der Waals surface area (Å²) in [6, 6.07) is 0. The summed E-state index contributed by atoms with van der Waals surface area (Å²) >= 11 is 0. The third-order valence-electron chi connectivity index (χ3n) is 2.43. The highest BCUT2D eigenvalue weighted by molar-refractivity contribution is 5.68. The van der Waals surface area contributed by atoms with Crippen molar-refractivity contribution in [2.45, 2.75) is 51.4 Å². The molecule has 0 aliphatic heterocycles. The molecule has 92 valence electrons. The van der Waals surface area contributed by atoms with E-state index in [0.29, 0.717) is 13.0 Å². The van der Waals surface area contributed by atoms with Crippen LogP contribution in [0.1, 0.15) is 51.4 Å². The summed E-state index contributed by atoms with van der Waals surface area (Å²) in [7, 11) is 1.42. The Morgan fingerprint density at radius 1 is 1.12 bits per heavy atom. The summed E-state index contributed by atoms with van der Waals surface area (Å²) < 4.78 is 4.55. The van der Waals surface area contributed by atoms with Gasteiger partial charge in [0.2, 0.25) is 0 Å². The Kier molecular flexibility index (Phi) is 10.9. The van der Waals surface area contributed by atoms with Gasteiger partial charge in [0, 0.05) is 17.9 Å². The third-order valence-corrected chi connectivity index (χ3v) is 2.43. The first-order valence-electron chi connectivity index (χ1n) is 5.89. The molecule has 0 aromatic heterocycles. The number of esters is 1. The zero-order valence-electron chi connectivity index (χ0n) is 10.0. The highest BCUT2D eigenvalue weighted by atomic mass is 16.5. The maximum Gasteiger partial charge on any atom is 0.305 e. The Balaban J connectivity index is 3.04. The molecule has 0 atom stereocenters. The van der Waals surface area contributed by atoms with E-state index in [1.165, 1.54) is 26.4 Å². The predicted octanol–water partition coefficient (Wildman–Crippen LogP) is 3.59. The van der Waals surface area contributed by atoms with Crippen LogP contribution in [0.4, 0.5) is 0 Å². The van der Waals surface area contributed by atoms with Crippen LogP contribution in [0.15, 0.2) is 5.11 Å². The van der Waals surface area contributed by atoms with E-state index in [0.717, 1.165) is 25.7 Å². The van der Waals surface area contributed by atoms with Crippen LogP contribution in [-0.2, 0) is 9.53 Å². The molecule has 0 rings (SSSR count). The first-order valence-corrected chi connectivity index (χ1v) is 5.89. The van der Waals surface area contributed by atoms with Crippen molar-refractivity contribution in [2.75, 3.05) is 13.7 Å². The van der Waals surface area contributed by atoms with Crippen LogP contribution >= 0.6 is 0 Å². The number of hydrogen-bond acceptors (Lipinski definition) is 3. The van der Waals surface area contributed by atoms with Gasteiger partial charge >= 0.3 is 5.97 Å². The molecule has 0 N–H and O–H groups in total. The van der Waals surface area contributed by atoms with Crippen LogP contribution in [0.3, 0.4) is 0 Å². The lowest BCUT2D eigenvalue weighted by molar-refractivity contribution is -0.140. The van der Waals surface area contributed by atoms with Crippen molar-refractivity contribution in [3.63, 3.8) is 0 Å². The van der Waals surface area contributed by atoms with Crippen LogP contribution in [0.5, 0.6) is 0 Å². The van der Waals surface area contributed by atoms with Crippen LogP contribution in [0.25, 0.3) is 10.4 Å². The second kappa shape index (κ2) is 11.9. The van der Waals surface area contributed by atoms with Gasteiger partial charge in [-0.25, -0.2) is 0 Å². The molecule has 16 heavy (non-hydrogen) atoms. The monoisotopic (exact) mass is 227 g/mol. The maximum atomic E-state index is 10.8. The normalized spacial score (nSPS) is 9.56. The number of rotatable bonds is 10. The molecule has 0 aromatic carbocycles. The van der Waals surface area contributed by atoms with Gasteiger partial charge in [-0.2, -0.15) is 0 Å². The molecule has 0 bridgehead atoms. The zero-order chi connectivity index (χ0) is 12.1. The van der Waals surface area contributed by atoms with Crippen molar-refractivity contribution in [2.24, 2.45) is 5.11 Å². The molecular formula is C11H21N3O2. The van der Waals surface area contributed by atoms with Gasteiger partial charge in [-0.15, -0.1) is 0 Å². The standard InChI is InChI=1S/C11H21N3O2/c1-16-11(15)9-7-5-3-2-4-6-8-10-13-14-12/h2-10H2,1H3. The SMILES string of the molecule is COC(=O)CCCCCCCCCN=[N+]=[N-]. The van der Waals surface area contributed by atoms with Gasteiger partial charge < -0.3 is 4.74 Å². The Morgan fingerprint density at radius 2 is 1.69 bits per heavy atom. The molecule has 0 saturated heterocycles. The van der Waals surface area contributed by atoms with E-state index in [4.69, 9.17) is 5.53 Å². The van der Waals surface area contributed by atoms with Gasteiger partial charge in [0.15, 0.2) is 0 Å². The van der Waals surface area contributed by atoms with Gasteiger partial charge in [0.1, 0.15) is 0 Å². The van der Waals surface area contributed by atoms with Crippen molar-refractivity contribution in [3.05, 3.63) is 10.4 Å². The predicted molar refractivity (Wildman–Crippen MR) is 63.0 cm³/mol. The zero-order valence-corrected chi connectivity index (χ0v) is 10.0. The molecule has 0 unspecified atom stereocenters. The second-order valence-corrected chi connectivity index (χ2v) is 3.76. The molecule has 0 heterocycles. The van der Waals surface area contributed by atoms with Crippen LogP contribution in [0.2, 0.25) is 0 Å². The lowest BCUT2D eigenvalue weighted by Gasteiger charge is -2.00. The fourth-order valence-corrected chi connectivity index (χ4v) is 1.48. The minimum Gasteiger partial charge on any atom is -0.469 e. The molecule has 0 spiro atoms. The molecule has 0 radical (unpaired) electrons. The summed E-state index contributed by atoms with van der Waals surface area (Å²) in [5.41, 5.74) is 8.05. The molecule has 0 fully saturated rings. The number of hydrogen-bond donors (Lipinski definition) is 0. The number of methoxy groups -OCH3 is 1. The van der Waals surface area contributed by atoms with Crippen molar-refractivity contribution in [3.8, 4) is 0 Å². The van der Waals surface area contributed by atoms with Crippen molar-refractivity contribution in [1.82, 2.24) is 0 Å². The topological polar surface area (TPSA) is 75.1 Å². The maximum absolute atomic E-state index is 10.8. The summed E-state index contributed by atoms with van der Waals surface area (Å²) in [5.74, 6) is -0.116. The van der Waals surface area contributed by atoms with Gasteiger partial charge in [-0.05, 0) is 18.4 Å². The second-order valence-electron chi connectivity index (χ2n) is 3.76. The minimum absolute atomic E-state index is 0.116. The Morgan fingerprint density at radius 3 is 2.25 bits per heavy atom. The van der Waals surface area contributed by atoms with Crippen molar-refractivity contribution < 1.29 is 9.53 Å². The highest BCUT2D eigenvalue weighted by Gasteiger charge is 1.98. The molecule has 0 aliphatic rings. The highest BCUT2D eigenvalue weighted by Crippen LogP contribution is 2.08. The molecule has 5 nitrogen and oxygen atoms in total. The number of azide groups is 1. The first-order chi connectivity index (χ1) is 7.81. The average molecular weight is 227 g/mol. The van der Waals surface area contributed by atoms with Crippen LogP contribution in [-0.4, -0.2) is 19.6 Å². The number of ether oxygens (including phenoxy) is 1. The van der Waals surface area contributed by atoms with Crippen LogP contribution < -0.4 is 0 Å². The Labute approximate surface area is 96.8 Å². The molecule has 0 aromatic rings.